The van der Waals surface area contributed by atoms with Gasteiger partial charge in [0.05, 0.1) is 19.8 Å². The van der Waals surface area contributed by atoms with E-state index in [1.807, 2.05) is 6.92 Å². The van der Waals surface area contributed by atoms with E-state index in [9.17, 15) is 0 Å². The summed E-state index contributed by atoms with van der Waals surface area (Å²) < 4.78 is 11.3. The van der Waals surface area contributed by atoms with Crippen LogP contribution in [0.25, 0.3) is 0 Å². The molecule has 0 aliphatic carbocycles. The summed E-state index contributed by atoms with van der Waals surface area (Å²) in [7, 11) is 0. The van der Waals surface area contributed by atoms with E-state index in [2.05, 4.69) is 44.3 Å². The lowest BCUT2D eigenvalue weighted by Crippen LogP contribution is -2.24. The number of hydrogen-bond acceptors (Lipinski definition) is 3. The maximum atomic E-state index is 5.67. The van der Waals surface area contributed by atoms with Crippen molar-refractivity contribution >= 4 is 0 Å². The van der Waals surface area contributed by atoms with Gasteiger partial charge in [0.15, 0.2) is 0 Å². The van der Waals surface area contributed by atoms with Gasteiger partial charge in [-0.05, 0) is 44.4 Å². The summed E-state index contributed by atoms with van der Waals surface area (Å²) in [6.45, 7) is 12.7. The Hall–Kier alpha value is -1.06. The molecule has 20 heavy (non-hydrogen) atoms. The van der Waals surface area contributed by atoms with Crippen LogP contribution in [0.15, 0.2) is 18.2 Å². The van der Waals surface area contributed by atoms with Crippen molar-refractivity contribution in [1.29, 1.82) is 0 Å². The zero-order valence-electron chi connectivity index (χ0n) is 13.4. The molecule has 0 radical (unpaired) electrons. The molecule has 0 unspecified atom stereocenters. The predicted octanol–water partition coefficient (Wildman–Crippen LogP) is 3.20. The van der Waals surface area contributed by atoms with Crippen molar-refractivity contribution in [2.24, 2.45) is 5.92 Å². The third-order valence-electron chi connectivity index (χ3n) is 3.01. The maximum absolute atomic E-state index is 5.67. The van der Waals surface area contributed by atoms with Crippen molar-refractivity contribution in [3.63, 3.8) is 0 Å². The Morgan fingerprint density at radius 2 is 2.00 bits per heavy atom. The minimum absolute atomic E-state index is 0.691. The van der Waals surface area contributed by atoms with Gasteiger partial charge in [-0.15, -0.1) is 0 Å². The van der Waals surface area contributed by atoms with E-state index in [0.717, 1.165) is 38.5 Å². The van der Waals surface area contributed by atoms with Crippen LogP contribution in [-0.2, 0) is 11.2 Å². The fourth-order valence-corrected chi connectivity index (χ4v) is 2.02. The minimum Gasteiger partial charge on any atom is -0.494 e. The van der Waals surface area contributed by atoms with E-state index in [0.29, 0.717) is 12.5 Å². The van der Waals surface area contributed by atoms with Crippen LogP contribution in [0.3, 0.4) is 0 Å². The number of ether oxygens (including phenoxy) is 2. The Bertz CT molecular complexity index is 377. The highest BCUT2D eigenvalue weighted by Gasteiger charge is 2.03. The molecule has 114 valence electrons. The molecule has 0 saturated heterocycles. The van der Waals surface area contributed by atoms with Gasteiger partial charge in [0.1, 0.15) is 5.75 Å². The van der Waals surface area contributed by atoms with Gasteiger partial charge >= 0.3 is 0 Å². The van der Waals surface area contributed by atoms with E-state index in [4.69, 9.17) is 9.47 Å². The SMILES string of the molecule is CCOc1ccc(C)cc1CCOCCNCC(C)C. The zero-order chi connectivity index (χ0) is 14.8. The van der Waals surface area contributed by atoms with Crippen molar-refractivity contribution in [1.82, 2.24) is 5.32 Å². The molecule has 1 N–H and O–H groups in total. The van der Waals surface area contributed by atoms with Crippen LogP contribution in [0, 0.1) is 12.8 Å². The summed E-state index contributed by atoms with van der Waals surface area (Å²) in [5, 5.41) is 3.37. The van der Waals surface area contributed by atoms with Crippen molar-refractivity contribution in [3.8, 4) is 5.75 Å². The van der Waals surface area contributed by atoms with Crippen LogP contribution in [0.4, 0.5) is 0 Å². The first kappa shape index (κ1) is 17.0. The van der Waals surface area contributed by atoms with Gasteiger partial charge < -0.3 is 14.8 Å². The smallest absolute Gasteiger partial charge is 0.122 e. The molecule has 1 rings (SSSR count). The fourth-order valence-electron chi connectivity index (χ4n) is 2.02. The van der Waals surface area contributed by atoms with E-state index in [1.165, 1.54) is 11.1 Å². The van der Waals surface area contributed by atoms with Gasteiger partial charge in [-0.1, -0.05) is 31.5 Å². The van der Waals surface area contributed by atoms with Crippen LogP contribution in [0.5, 0.6) is 5.75 Å². The third-order valence-corrected chi connectivity index (χ3v) is 3.01. The van der Waals surface area contributed by atoms with E-state index < -0.39 is 0 Å². The number of hydrogen-bond donors (Lipinski definition) is 1. The van der Waals surface area contributed by atoms with E-state index in [-0.39, 0.29) is 0 Å². The van der Waals surface area contributed by atoms with Gasteiger partial charge in [0, 0.05) is 6.54 Å². The second-order valence-corrected chi connectivity index (χ2v) is 5.50. The molecule has 0 fully saturated rings. The summed E-state index contributed by atoms with van der Waals surface area (Å²) in [4.78, 5) is 0. The van der Waals surface area contributed by atoms with Gasteiger partial charge in [0.25, 0.3) is 0 Å². The van der Waals surface area contributed by atoms with Crippen LogP contribution in [0.2, 0.25) is 0 Å². The zero-order valence-corrected chi connectivity index (χ0v) is 13.4. The summed E-state index contributed by atoms with van der Waals surface area (Å²) in [5.41, 5.74) is 2.50. The van der Waals surface area contributed by atoms with E-state index >= 15 is 0 Å². The molecule has 1 aromatic rings. The molecule has 0 aliphatic rings. The molecule has 0 saturated carbocycles. The first-order chi connectivity index (χ1) is 9.63. The highest BCUT2D eigenvalue weighted by atomic mass is 16.5. The van der Waals surface area contributed by atoms with Crippen molar-refractivity contribution in [2.45, 2.75) is 34.1 Å². The minimum atomic E-state index is 0.691. The molecule has 1 aromatic carbocycles. The Balaban J connectivity index is 2.25. The second kappa shape index (κ2) is 9.78. The summed E-state index contributed by atoms with van der Waals surface area (Å²) >= 11 is 0. The topological polar surface area (TPSA) is 30.5 Å². The monoisotopic (exact) mass is 279 g/mol. The lowest BCUT2D eigenvalue weighted by atomic mass is 10.1. The summed E-state index contributed by atoms with van der Waals surface area (Å²) in [6.07, 6.45) is 0.904. The van der Waals surface area contributed by atoms with Gasteiger partial charge in [-0.2, -0.15) is 0 Å². The fraction of sp³-hybridized carbons (Fsp3) is 0.647. The van der Waals surface area contributed by atoms with Gasteiger partial charge in [-0.25, -0.2) is 0 Å². The van der Waals surface area contributed by atoms with Gasteiger partial charge in [0.2, 0.25) is 0 Å². The quantitative estimate of drug-likeness (QED) is 0.667. The molecule has 3 nitrogen and oxygen atoms in total. The van der Waals surface area contributed by atoms with Crippen molar-refractivity contribution < 1.29 is 9.47 Å². The number of benzene rings is 1. The lowest BCUT2D eigenvalue weighted by molar-refractivity contribution is 0.138. The Kier molecular flexibility index (Phi) is 8.31. The molecule has 0 amide bonds. The molecule has 0 aromatic heterocycles. The molecule has 3 heteroatoms. The maximum Gasteiger partial charge on any atom is 0.122 e. The van der Waals surface area contributed by atoms with Crippen LogP contribution in [0.1, 0.15) is 31.9 Å². The molecule has 0 aliphatic heterocycles. The highest BCUT2D eigenvalue weighted by molar-refractivity contribution is 5.37. The first-order valence-electron chi connectivity index (χ1n) is 7.64. The largest absolute Gasteiger partial charge is 0.494 e. The second-order valence-electron chi connectivity index (χ2n) is 5.50. The van der Waals surface area contributed by atoms with Gasteiger partial charge in [-0.3, -0.25) is 0 Å². The van der Waals surface area contributed by atoms with Crippen LogP contribution < -0.4 is 10.1 Å². The summed E-state index contributed by atoms with van der Waals surface area (Å²) in [5.74, 6) is 1.68. The molecule has 0 heterocycles. The molecule has 0 bridgehead atoms. The number of rotatable bonds is 10. The normalized spacial score (nSPS) is 11.1. The molecule has 0 spiro atoms. The number of nitrogens with one attached hydrogen (secondary N) is 1. The highest BCUT2D eigenvalue weighted by Crippen LogP contribution is 2.20. The molecular formula is C17H29NO2. The van der Waals surface area contributed by atoms with Crippen molar-refractivity contribution in [3.05, 3.63) is 29.3 Å². The Morgan fingerprint density at radius 3 is 2.70 bits per heavy atom. The van der Waals surface area contributed by atoms with Crippen LogP contribution in [-0.4, -0.2) is 32.9 Å². The third kappa shape index (κ3) is 6.92. The van der Waals surface area contributed by atoms with Crippen molar-refractivity contribution in [2.75, 3.05) is 32.9 Å². The summed E-state index contributed by atoms with van der Waals surface area (Å²) in [6, 6.07) is 6.33. The number of aryl methyl sites for hydroxylation is 1. The van der Waals surface area contributed by atoms with E-state index in [1.54, 1.807) is 0 Å². The predicted molar refractivity (Wildman–Crippen MR) is 84.6 cm³/mol. The molecular weight excluding hydrogens is 250 g/mol. The lowest BCUT2D eigenvalue weighted by Gasteiger charge is -2.12. The Morgan fingerprint density at radius 1 is 1.20 bits per heavy atom. The average molecular weight is 279 g/mol. The Labute approximate surface area is 123 Å². The standard InChI is InChI=1S/C17H29NO2/c1-5-20-17-7-6-15(4)12-16(17)8-10-19-11-9-18-13-14(2)3/h6-7,12,14,18H,5,8-11,13H2,1-4H3. The first-order valence-corrected chi connectivity index (χ1v) is 7.64. The molecule has 0 atom stereocenters. The average Bonchev–Trinajstić information content (AvgIpc) is 2.40. The van der Waals surface area contributed by atoms with Crippen LogP contribution >= 0.6 is 0 Å².